The van der Waals surface area contributed by atoms with Gasteiger partial charge in [-0.1, -0.05) is 12.8 Å². The summed E-state index contributed by atoms with van der Waals surface area (Å²) >= 11 is 1.83. The summed E-state index contributed by atoms with van der Waals surface area (Å²) in [5.41, 5.74) is 1.38. The van der Waals surface area contributed by atoms with Gasteiger partial charge in [0.15, 0.2) is 0 Å². The normalized spacial score (nSPS) is 27.0. The summed E-state index contributed by atoms with van der Waals surface area (Å²) in [6.45, 7) is 4.74. The lowest BCUT2D eigenvalue weighted by Gasteiger charge is -2.33. The van der Waals surface area contributed by atoms with Gasteiger partial charge in [0, 0.05) is 23.6 Å². The standard InChI is InChI=1S/C14H23NOS/c1-10-7-8-17-14(10)11(2)15-13-6-4-3-5-12(13)9-16/h7-8,11-13,15-16H,3-6,9H2,1-2H3. The van der Waals surface area contributed by atoms with E-state index in [1.807, 2.05) is 11.3 Å². The number of thiophene rings is 1. The van der Waals surface area contributed by atoms with E-state index in [1.165, 1.54) is 36.1 Å². The molecule has 0 saturated heterocycles. The summed E-state index contributed by atoms with van der Waals surface area (Å²) in [7, 11) is 0. The molecule has 0 aromatic carbocycles. The first-order chi connectivity index (χ1) is 8.22. The summed E-state index contributed by atoms with van der Waals surface area (Å²) < 4.78 is 0. The molecule has 1 fully saturated rings. The van der Waals surface area contributed by atoms with Crippen LogP contribution in [-0.4, -0.2) is 17.8 Å². The number of hydrogen-bond acceptors (Lipinski definition) is 3. The van der Waals surface area contributed by atoms with Gasteiger partial charge in [-0.25, -0.2) is 0 Å². The zero-order chi connectivity index (χ0) is 12.3. The molecule has 2 nitrogen and oxygen atoms in total. The van der Waals surface area contributed by atoms with Gasteiger partial charge >= 0.3 is 0 Å². The highest BCUT2D eigenvalue weighted by Crippen LogP contribution is 2.29. The van der Waals surface area contributed by atoms with Crippen LogP contribution in [0.15, 0.2) is 11.4 Å². The van der Waals surface area contributed by atoms with Gasteiger partial charge in [0.2, 0.25) is 0 Å². The Hall–Kier alpha value is -0.380. The van der Waals surface area contributed by atoms with Gasteiger partial charge in [0.1, 0.15) is 0 Å². The first-order valence-corrected chi connectivity index (χ1v) is 7.51. The average molecular weight is 253 g/mol. The molecule has 17 heavy (non-hydrogen) atoms. The largest absolute Gasteiger partial charge is 0.396 e. The molecule has 2 N–H and O–H groups in total. The second-order valence-electron chi connectivity index (χ2n) is 5.19. The monoisotopic (exact) mass is 253 g/mol. The zero-order valence-electron chi connectivity index (χ0n) is 10.8. The Balaban J connectivity index is 1.97. The van der Waals surface area contributed by atoms with Crippen LogP contribution in [0.25, 0.3) is 0 Å². The zero-order valence-corrected chi connectivity index (χ0v) is 11.6. The molecule has 0 spiro atoms. The average Bonchev–Trinajstić information content (AvgIpc) is 2.76. The summed E-state index contributed by atoms with van der Waals surface area (Å²) in [6, 6.07) is 3.08. The summed E-state index contributed by atoms with van der Waals surface area (Å²) in [5, 5.41) is 15.3. The fraction of sp³-hybridized carbons (Fsp3) is 0.714. The van der Waals surface area contributed by atoms with Crippen LogP contribution < -0.4 is 5.32 Å². The number of aliphatic hydroxyl groups excluding tert-OH is 1. The molecule has 1 aromatic heterocycles. The summed E-state index contributed by atoms with van der Waals surface area (Å²) in [5.74, 6) is 0.450. The van der Waals surface area contributed by atoms with Gasteiger partial charge in [-0.05, 0) is 49.6 Å². The van der Waals surface area contributed by atoms with E-state index in [4.69, 9.17) is 0 Å². The molecule has 0 radical (unpaired) electrons. The third-order valence-electron chi connectivity index (χ3n) is 3.90. The van der Waals surface area contributed by atoms with E-state index in [0.29, 0.717) is 24.6 Å². The second kappa shape index (κ2) is 5.98. The third-order valence-corrected chi connectivity index (χ3v) is 5.10. The quantitative estimate of drug-likeness (QED) is 0.863. The van der Waals surface area contributed by atoms with Crippen LogP contribution in [0.2, 0.25) is 0 Å². The fourth-order valence-electron chi connectivity index (χ4n) is 2.87. The molecule has 0 aliphatic heterocycles. The van der Waals surface area contributed by atoms with Crippen molar-refractivity contribution >= 4 is 11.3 Å². The Labute approximate surface area is 108 Å². The van der Waals surface area contributed by atoms with Gasteiger partial charge in [-0.2, -0.15) is 0 Å². The highest BCUT2D eigenvalue weighted by atomic mass is 32.1. The van der Waals surface area contributed by atoms with Crippen LogP contribution in [0, 0.1) is 12.8 Å². The number of hydrogen-bond donors (Lipinski definition) is 2. The van der Waals surface area contributed by atoms with Crippen molar-refractivity contribution in [3.63, 3.8) is 0 Å². The molecule has 3 heteroatoms. The van der Waals surface area contributed by atoms with Crippen molar-refractivity contribution < 1.29 is 5.11 Å². The Bertz CT molecular complexity index is 350. The minimum atomic E-state index is 0.327. The van der Waals surface area contributed by atoms with Crippen LogP contribution in [0.3, 0.4) is 0 Å². The van der Waals surface area contributed by atoms with Crippen LogP contribution >= 0.6 is 11.3 Å². The van der Waals surface area contributed by atoms with Gasteiger partial charge in [0.05, 0.1) is 0 Å². The first kappa shape index (κ1) is 13.1. The van der Waals surface area contributed by atoms with Crippen LogP contribution in [-0.2, 0) is 0 Å². The minimum Gasteiger partial charge on any atom is -0.396 e. The number of nitrogens with one attached hydrogen (secondary N) is 1. The van der Waals surface area contributed by atoms with Gasteiger partial charge in [-0.3, -0.25) is 0 Å². The van der Waals surface area contributed by atoms with Gasteiger partial charge < -0.3 is 10.4 Å². The SMILES string of the molecule is Cc1ccsc1C(C)NC1CCCCC1CO. The maximum Gasteiger partial charge on any atom is 0.0474 e. The van der Waals surface area contributed by atoms with Gasteiger partial charge in [0.25, 0.3) is 0 Å². The summed E-state index contributed by atoms with van der Waals surface area (Å²) in [6.07, 6.45) is 4.95. The van der Waals surface area contributed by atoms with E-state index in [-0.39, 0.29) is 0 Å². The molecule has 0 amide bonds. The van der Waals surface area contributed by atoms with Crippen molar-refractivity contribution in [1.82, 2.24) is 5.32 Å². The molecule has 0 bridgehead atoms. The van der Waals surface area contributed by atoms with Crippen molar-refractivity contribution in [2.24, 2.45) is 5.92 Å². The Morgan fingerprint density at radius 2 is 2.24 bits per heavy atom. The van der Waals surface area contributed by atoms with Crippen molar-refractivity contribution in [3.8, 4) is 0 Å². The van der Waals surface area contributed by atoms with Crippen molar-refractivity contribution in [3.05, 3.63) is 21.9 Å². The first-order valence-electron chi connectivity index (χ1n) is 6.63. The Kier molecular flexibility index (Phi) is 4.60. The second-order valence-corrected chi connectivity index (χ2v) is 6.14. The highest BCUT2D eigenvalue weighted by molar-refractivity contribution is 7.10. The molecular formula is C14H23NOS. The van der Waals surface area contributed by atoms with E-state index in [9.17, 15) is 5.11 Å². The van der Waals surface area contributed by atoms with Crippen molar-refractivity contribution in [2.75, 3.05) is 6.61 Å². The van der Waals surface area contributed by atoms with Crippen molar-refractivity contribution in [2.45, 2.75) is 51.6 Å². The predicted molar refractivity (Wildman–Crippen MR) is 73.4 cm³/mol. The van der Waals surface area contributed by atoms with E-state index >= 15 is 0 Å². The fourth-order valence-corrected chi connectivity index (χ4v) is 3.82. The lowest BCUT2D eigenvalue weighted by Crippen LogP contribution is -2.41. The topological polar surface area (TPSA) is 32.3 Å². The molecule has 96 valence electrons. The maximum atomic E-state index is 9.42. The lowest BCUT2D eigenvalue weighted by atomic mass is 9.84. The van der Waals surface area contributed by atoms with E-state index in [1.54, 1.807) is 0 Å². The van der Waals surface area contributed by atoms with Gasteiger partial charge in [-0.15, -0.1) is 11.3 Å². The molecule has 1 aliphatic rings. The number of aryl methyl sites for hydroxylation is 1. The van der Waals surface area contributed by atoms with E-state index < -0.39 is 0 Å². The summed E-state index contributed by atoms with van der Waals surface area (Å²) in [4.78, 5) is 1.44. The molecular weight excluding hydrogens is 230 g/mol. The molecule has 2 rings (SSSR count). The third kappa shape index (κ3) is 3.09. The maximum absolute atomic E-state index is 9.42. The van der Waals surface area contributed by atoms with E-state index in [2.05, 4.69) is 30.6 Å². The number of aliphatic hydroxyl groups is 1. The molecule has 1 aliphatic carbocycles. The smallest absolute Gasteiger partial charge is 0.0474 e. The Morgan fingerprint density at radius 1 is 1.47 bits per heavy atom. The number of rotatable bonds is 4. The molecule has 1 aromatic rings. The molecule has 3 unspecified atom stereocenters. The molecule has 1 heterocycles. The molecule has 1 saturated carbocycles. The Morgan fingerprint density at radius 3 is 2.88 bits per heavy atom. The predicted octanol–water partition coefficient (Wildman–Crippen LogP) is 3.26. The molecule has 3 atom stereocenters. The lowest BCUT2D eigenvalue weighted by molar-refractivity contribution is 0.147. The minimum absolute atomic E-state index is 0.327. The van der Waals surface area contributed by atoms with E-state index in [0.717, 1.165) is 0 Å². The van der Waals surface area contributed by atoms with Crippen LogP contribution in [0.1, 0.15) is 49.1 Å². The van der Waals surface area contributed by atoms with Crippen molar-refractivity contribution in [1.29, 1.82) is 0 Å². The van der Waals surface area contributed by atoms with Crippen LogP contribution in [0.4, 0.5) is 0 Å². The van der Waals surface area contributed by atoms with Crippen LogP contribution in [0.5, 0.6) is 0 Å². The highest BCUT2D eigenvalue weighted by Gasteiger charge is 2.26.